The normalized spacial score (nSPS) is 16.8. The van der Waals surface area contributed by atoms with E-state index in [1.807, 2.05) is 71.7 Å². The van der Waals surface area contributed by atoms with E-state index in [2.05, 4.69) is 34.1 Å². The van der Waals surface area contributed by atoms with Crippen molar-refractivity contribution in [2.45, 2.75) is 18.5 Å². The van der Waals surface area contributed by atoms with Crippen LogP contribution in [0.4, 0.5) is 0 Å². The number of nitriles is 1. The fourth-order valence-corrected chi connectivity index (χ4v) is 3.86. The van der Waals surface area contributed by atoms with Gasteiger partial charge in [-0.15, -0.1) is 0 Å². The molecular weight excluding hydrogens is 426 g/mol. The number of methoxy groups -OCH3 is 1. The van der Waals surface area contributed by atoms with Crippen LogP contribution in [0, 0.1) is 11.3 Å². The van der Waals surface area contributed by atoms with Gasteiger partial charge in [0.05, 0.1) is 24.9 Å². The molecule has 4 rings (SSSR count). The molecule has 29 heavy (non-hydrogen) atoms. The number of hydrazone groups is 1. The van der Waals surface area contributed by atoms with Crippen LogP contribution in [0.2, 0.25) is 0 Å². The van der Waals surface area contributed by atoms with Gasteiger partial charge in [-0.05, 0) is 53.1 Å². The third kappa shape index (κ3) is 4.03. The quantitative estimate of drug-likeness (QED) is 0.492. The maximum Gasteiger partial charge on any atom is 0.159 e. The summed E-state index contributed by atoms with van der Waals surface area (Å²) in [7, 11) is 1.66. The lowest BCUT2D eigenvalue weighted by molar-refractivity contribution is 0.196. The summed E-state index contributed by atoms with van der Waals surface area (Å²) in [5, 5.41) is 16.9. The van der Waals surface area contributed by atoms with Crippen molar-refractivity contribution in [2.75, 3.05) is 7.11 Å². The van der Waals surface area contributed by atoms with Crippen molar-refractivity contribution in [3.63, 3.8) is 0 Å². The van der Waals surface area contributed by atoms with E-state index in [1.165, 1.54) is 0 Å². The summed E-state index contributed by atoms with van der Waals surface area (Å²) in [5.41, 5.74) is 4.09. The van der Waals surface area contributed by atoms with Crippen molar-refractivity contribution in [1.82, 2.24) is 5.01 Å². The summed E-state index contributed by atoms with van der Waals surface area (Å²) in [6.07, 6.45) is 0.741. The second kappa shape index (κ2) is 8.50. The van der Waals surface area contributed by atoms with Gasteiger partial charge in [-0.2, -0.15) is 10.4 Å². The van der Waals surface area contributed by atoms with E-state index < -0.39 is 6.04 Å². The second-order valence-corrected chi connectivity index (χ2v) is 7.78. The van der Waals surface area contributed by atoms with Crippen molar-refractivity contribution in [1.29, 1.82) is 5.26 Å². The van der Waals surface area contributed by atoms with Gasteiger partial charge in [0.2, 0.25) is 0 Å². The molecule has 0 aromatic heterocycles. The molecule has 5 heteroatoms. The van der Waals surface area contributed by atoms with Crippen molar-refractivity contribution >= 4 is 21.6 Å². The number of hydrogen-bond donors (Lipinski definition) is 0. The van der Waals surface area contributed by atoms with Gasteiger partial charge in [0.25, 0.3) is 0 Å². The lowest BCUT2D eigenvalue weighted by Crippen LogP contribution is -2.24. The van der Waals surface area contributed by atoms with Crippen LogP contribution in [0.3, 0.4) is 0 Å². The van der Waals surface area contributed by atoms with Crippen molar-refractivity contribution < 1.29 is 4.74 Å². The smallest absolute Gasteiger partial charge is 0.159 e. The molecule has 2 atom stereocenters. The molecule has 0 fully saturated rings. The van der Waals surface area contributed by atoms with Crippen LogP contribution >= 0.6 is 15.9 Å². The van der Waals surface area contributed by atoms with Crippen molar-refractivity contribution in [3.05, 3.63) is 100 Å². The average molecular weight is 446 g/mol. The Kier molecular flexibility index (Phi) is 5.64. The van der Waals surface area contributed by atoms with Gasteiger partial charge >= 0.3 is 0 Å². The molecule has 1 aliphatic rings. The Morgan fingerprint density at radius 1 is 1.03 bits per heavy atom. The number of nitrogens with zero attached hydrogens (tertiary/aromatic N) is 3. The first-order valence-corrected chi connectivity index (χ1v) is 10.2. The van der Waals surface area contributed by atoms with Crippen LogP contribution < -0.4 is 4.74 Å². The van der Waals surface area contributed by atoms with Crippen LogP contribution in [0.25, 0.3) is 0 Å². The first kappa shape index (κ1) is 19.2. The number of benzene rings is 3. The molecule has 0 bridgehead atoms. The van der Waals surface area contributed by atoms with E-state index in [0.29, 0.717) is 0 Å². The first-order valence-electron chi connectivity index (χ1n) is 9.40. The molecule has 0 saturated carbocycles. The Bertz CT molecular complexity index is 1040. The van der Waals surface area contributed by atoms with Gasteiger partial charge in [-0.3, -0.25) is 5.01 Å². The molecular formula is C24H20BrN3O. The molecule has 3 aromatic rings. The summed E-state index contributed by atoms with van der Waals surface area (Å²) in [6.45, 7) is 0. The highest BCUT2D eigenvalue weighted by atomic mass is 79.9. The van der Waals surface area contributed by atoms with E-state index in [9.17, 15) is 5.26 Å². The summed E-state index contributed by atoms with van der Waals surface area (Å²) in [5.74, 6) is 0.813. The Hall–Kier alpha value is -3.10. The molecule has 0 spiro atoms. The van der Waals surface area contributed by atoms with Crippen LogP contribution in [0.5, 0.6) is 5.75 Å². The molecule has 3 aromatic carbocycles. The molecule has 144 valence electrons. The predicted octanol–water partition coefficient (Wildman–Crippen LogP) is 5.87. The summed E-state index contributed by atoms with van der Waals surface area (Å²) in [4.78, 5) is 0. The zero-order chi connectivity index (χ0) is 20.2. The number of ether oxygens (including phenoxy) is 1. The van der Waals surface area contributed by atoms with E-state index in [4.69, 9.17) is 9.84 Å². The zero-order valence-electron chi connectivity index (χ0n) is 16.0. The van der Waals surface area contributed by atoms with Crippen LogP contribution in [0.15, 0.2) is 88.4 Å². The van der Waals surface area contributed by atoms with E-state index >= 15 is 0 Å². The Balaban J connectivity index is 1.73. The first-order chi connectivity index (χ1) is 14.2. The molecule has 4 nitrogen and oxygen atoms in total. The van der Waals surface area contributed by atoms with E-state index in [1.54, 1.807) is 7.11 Å². The fourth-order valence-electron chi connectivity index (χ4n) is 3.60. The minimum absolute atomic E-state index is 0.00148. The van der Waals surface area contributed by atoms with Crippen LogP contribution in [-0.2, 0) is 0 Å². The maximum absolute atomic E-state index is 10.0. The third-order valence-electron chi connectivity index (χ3n) is 5.12. The number of halogens is 1. The Morgan fingerprint density at radius 3 is 2.34 bits per heavy atom. The van der Waals surface area contributed by atoms with E-state index in [-0.39, 0.29) is 6.04 Å². The molecule has 2 unspecified atom stereocenters. The minimum Gasteiger partial charge on any atom is -0.497 e. The van der Waals surface area contributed by atoms with Crippen LogP contribution in [-0.4, -0.2) is 17.8 Å². The third-order valence-corrected chi connectivity index (χ3v) is 5.65. The highest BCUT2D eigenvalue weighted by Gasteiger charge is 2.34. The standard InChI is InChI=1S/C24H20BrN3O/c1-29-21-13-9-17(10-14-21)22-15-23(18-5-3-2-4-6-18)28(27-22)24(16-26)19-7-11-20(25)12-8-19/h2-14,23-24H,15H2,1H3. The van der Waals surface area contributed by atoms with Gasteiger partial charge in [0, 0.05) is 10.9 Å². The number of hydrogen-bond acceptors (Lipinski definition) is 4. The predicted molar refractivity (Wildman–Crippen MR) is 118 cm³/mol. The highest BCUT2D eigenvalue weighted by molar-refractivity contribution is 9.10. The topological polar surface area (TPSA) is 48.6 Å². The fraction of sp³-hybridized carbons (Fsp3) is 0.167. The molecule has 0 radical (unpaired) electrons. The van der Waals surface area contributed by atoms with Gasteiger partial charge in [-0.1, -0.05) is 58.4 Å². The van der Waals surface area contributed by atoms with Gasteiger partial charge < -0.3 is 4.74 Å². The van der Waals surface area contributed by atoms with Gasteiger partial charge in [-0.25, -0.2) is 0 Å². The van der Waals surface area contributed by atoms with Crippen LogP contribution in [0.1, 0.15) is 35.2 Å². The highest BCUT2D eigenvalue weighted by Crippen LogP contribution is 2.39. The SMILES string of the molecule is COc1ccc(C2=NN(C(C#N)c3ccc(Br)cc3)C(c3ccccc3)C2)cc1. The molecule has 0 saturated heterocycles. The monoisotopic (exact) mass is 445 g/mol. The Morgan fingerprint density at radius 2 is 1.72 bits per heavy atom. The lowest BCUT2D eigenvalue weighted by atomic mass is 9.97. The largest absolute Gasteiger partial charge is 0.497 e. The molecule has 0 N–H and O–H groups in total. The minimum atomic E-state index is -0.468. The summed E-state index contributed by atoms with van der Waals surface area (Å²) in [6, 6.07) is 28.0. The molecule has 0 aliphatic carbocycles. The molecule has 1 aliphatic heterocycles. The van der Waals surface area contributed by atoms with Crippen molar-refractivity contribution in [2.24, 2.45) is 5.10 Å². The van der Waals surface area contributed by atoms with Crippen molar-refractivity contribution in [3.8, 4) is 11.8 Å². The summed E-state index contributed by atoms with van der Waals surface area (Å²) >= 11 is 3.47. The number of rotatable bonds is 5. The average Bonchev–Trinajstić information content (AvgIpc) is 3.21. The zero-order valence-corrected chi connectivity index (χ0v) is 17.6. The lowest BCUT2D eigenvalue weighted by Gasteiger charge is -2.28. The summed E-state index contributed by atoms with van der Waals surface area (Å²) < 4.78 is 6.26. The molecule has 0 amide bonds. The van der Waals surface area contributed by atoms with E-state index in [0.717, 1.165) is 39.0 Å². The molecule has 1 heterocycles. The Labute approximate surface area is 179 Å². The second-order valence-electron chi connectivity index (χ2n) is 6.87. The van der Waals surface area contributed by atoms with Gasteiger partial charge in [0.15, 0.2) is 6.04 Å². The van der Waals surface area contributed by atoms with Gasteiger partial charge in [0.1, 0.15) is 5.75 Å². The maximum atomic E-state index is 10.0.